The first-order valence-electron chi connectivity index (χ1n) is 6.36. The van der Waals surface area contributed by atoms with Gasteiger partial charge in [-0.3, -0.25) is 14.9 Å². The highest BCUT2D eigenvalue weighted by Crippen LogP contribution is 2.27. The van der Waals surface area contributed by atoms with Crippen LogP contribution in [0.2, 0.25) is 0 Å². The number of halogens is 1. The third-order valence-corrected chi connectivity index (χ3v) is 3.02. The average molecular weight is 283 g/mol. The summed E-state index contributed by atoms with van der Waals surface area (Å²) in [6, 6.07) is 2.20. The first-order chi connectivity index (χ1) is 9.40. The molecule has 0 heterocycles. The number of nitro benzene ring substituents is 1. The molecule has 0 saturated carbocycles. The van der Waals surface area contributed by atoms with Crippen LogP contribution in [0.1, 0.15) is 19.4 Å². The predicted molar refractivity (Wildman–Crippen MR) is 74.2 cm³/mol. The Morgan fingerprint density at radius 3 is 2.50 bits per heavy atom. The van der Waals surface area contributed by atoms with E-state index in [1.165, 1.54) is 13.0 Å². The molecule has 1 amide bonds. The molecule has 0 radical (unpaired) electrons. The lowest BCUT2D eigenvalue weighted by molar-refractivity contribution is -0.384. The second kappa shape index (κ2) is 6.83. The van der Waals surface area contributed by atoms with Gasteiger partial charge in [0.2, 0.25) is 5.91 Å². The molecule has 1 rings (SSSR count). The van der Waals surface area contributed by atoms with E-state index in [9.17, 15) is 19.3 Å². The third-order valence-electron chi connectivity index (χ3n) is 3.02. The summed E-state index contributed by atoms with van der Waals surface area (Å²) in [6.45, 7) is 6.30. The van der Waals surface area contributed by atoms with Crippen LogP contribution in [-0.4, -0.2) is 35.4 Å². The van der Waals surface area contributed by atoms with E-state index in [0.717, 1.165) is 6.07 Å². The number of hydrogen-bond acceptors (Lipinski definition) is 4. The Morgan fingerprint density at radius 1 is 1.40 bits per heavy atom. The third kappa shape index (κ3) is 3.66. The molecule has 1 N–H and O–H groups in total. The van der Waals surface area contributed by atoms with Crippen molar-refractivity contribution < 1.29 is 14.1 Å². The standard InChI is InChI=1S/C13H18FN3O3/c1-4-16(5-2)13(18)8-15-11-6-9(3)10(14)7-12(11)17(19)20/h6-7,15H,4-5,8H2,1-3H3. The number of nitrogens with zero attached hydrogens (tertiary/aromatic N) is 2. The zero-order valence-corrected chi connectivity index (χ0v) is 11.8. The van der Waals surface area contributed by atoms with Gasteiger partial charge in [-0.05, 0) is 32.4 Å². The normalized spacial score (nSPS) is 10.2. The van der Waals surface area contributed by atoms with Crippen molar-refractivity contribution in [3.63, 3.8) is 0 Å². The number of amides is 1. The summed E-state index contributed by atoms with van der Waals surface area (Å²) in [5.74, 6) is -0.802. The molecule has 0 aromatic heterocycles. The van der Waals surface area contributed by atoms with Gasteiger partial charge in [-0.1, -0.05) is 0 Å². The lowest BCUT2D eigenvalue weighted by atomic mass is 10.2. The van der Waals surface area contributed by atoms with Crippen LogP contribution in [0.4, 0.5) is 15.8 Å². The molecular weight excluding hydrogens is 265 g/mol. The van der Waals surface area contributed by atoms with Crippen LogP contribution < -0.4 is 5.32 Å². The molecule has 0 saturated heterocycles. The Morgan fingerprint density at radius 2 is 2.00 bits per heavy atom. The quantitative estimate of drug-likeness (QED) is 0.642. The number of anilines is 1. The first kappa shape index (κ1) is 15.9. The van der Waals surface area contributed by atoms with Gasteiger partial charge < -0.3 is 10.2 Å². The highest BCUT2D eigenvalue weighted by atomic mass is 19.1. The number of hydrogen-bond donors (Lipinski definition) is 1. The van der Waals surface area contributed by atoms with Crippen LogP contribution in [0.25, 0.3) is 0 Å². The van der Waals surface area contributed by atoms with Crippen LogP contribution in [-0.2, 0) is 4.79 Å². The molecule has 1 aromatic rings. The van der Waals surface area contributed by atoms with Gasteiger partial charge >= 0.3 is 0 Å². The van der Waals surface area contributed by atoms with Crippen LogP contribution in [0.15, 0.2) is 12.1 Å². The van der Waals surface area contributed by atoms with Crippen molar-refractivity contribution in [1.82, 2.24) is 4.90 Å². The molecule has 20 heavy (non-hydrogen) atoms. The van der Waals surface area contributed by atoms with Crippen LogP contribution >= 0.6 is 0 Å². The largest absolute Gasteiger partial charge is 0.371 e. The van der Waals surface area contributed by atoms with Crippen molar-refractivity contribution in [3.8, 4) is 0 Å². The Hall–Kier alpha value is -2.18. The van der Waals surface area contributed by atoms with E-state index in [1.807, 2.05) is 13.8 Å². The Balaban J connectivity index is 2.89. The van der Waals surface area contributed by atoms with Crippen LogP contribution in [0, 0.1) is 22.9 Å². The van der Waals surface area contributed by atoms with Gasteiger partial charge in [0.15, 0.2) is 0 Å². The number of benzene rings is 1. The molecule has 6 nitrogen and oxygen atoms in total. The van der Waals surface area contributed by atoms with Gasteiger partial charge in [-0.25, -0.2) is 4.39 Å². The van der Waals surface area contributed by atoms with Crippen molar-refractivity contribution in [2.24, 2.45) is 0 Å². The molecule has 0 aliphatic rings. The molecule has 0 bridgehead atoms. The van der Waals surface area contributed by atoms with Crippen LogP contribution in [0.3, 0.4) is 0 Å². The minimum Gasteiger partial charge on any atom is -0.371 e. The summed E-state index contributed by atoms with van der Waals surface area (Å²) < 4.78 is 13.3. The van der Waals surface area contributed by atoms with Gasteiger partial charge in [0.25, 0.3) is 5.69 Å². The maximum atomic E-state index is 13.3. The van der Waals surface area contributed by atoms with Gasteiger partial charge in [-0.15, -0.1) is 0 Å². The van der Waals surface area contributed by atoms with Crippen molar-refractivity contribution in [2.75, 3.05) is 25.0 Å². The summed E-state index contributed by atoms with van der Waals surface area (Å²) in [6.07, 6.45) is 0. The number of likely N-dealkylation sites (N-methyl/N-ethyl adjacent to an activating group) is 1. The number of nitrogens with one attached hydrogen (secondary N) is 1. The summed E-state index contributed by atoms with van der Waals surface area (Å²) >= 11 is 0. The minimum atomic E-state index is -0.674. The number of rotatable bonds is 6. The van der Waals surface area contributed by atoms with E-state index in [0.29, 0.717) is 13.1 Å². The van der Waals surface area contributed by atoms with E-state index < -0.39 is 10.7 Å². The number of carbonyl (C=O) groups is 1. The molecule has 110 valence electrons. The zero-order valence-electron chi connectivity index (χ0n) is 11.8. The van der Waals surface area contributed by atoms with Gasteiger partial charge in [0, 0.05) is 13.1 Å². The fraction of sp³-hybridized carbons (Fsp3) is 0.462. The fourth-order valence-corrected chi connectivity index (χ4v) is 1.82. The van der Waals surface area contributed by atoms with Crippen molar-refractivity contribution in [3.05, 3.63) is 33.6 Å². The smallest absolute Gasteiger partial charge is 0.295 e. The number of nitro groups is 1. The van der Waals surface area contributed by atoms with Gasteiger partial charge in [0.1, 0.15) is 11.5 Å². The Labute approximate surface area is 116 Å². The molecule has 0 aliphatic carbocycles. The summed E-state index contributed by atoms with van der Waals surface area (Å²) in [5.41, 5.74) is 0.0586. The van der Waals surface area contributed by atoms with Gasteiger partial charge in [-0.2, -0.15) is 0 Å². The first-order valence-corrected chi connectivity index (χ1v) is 6.36. The number of aryl methyl sites for hydroxylation is 1. The second-order valence-corrected chi connectivity index (χ2v) is 4.30. The van der Waals surface area contributed by atoms with Crippen LogP contribution in [0.5, 0.6) is 0 Å². The second-order valence-electron chi connectivity index (χ2n) is 4.30. The molecule has 7 heteroatoms. The Kier molecular flexibility index (Phi) is 5.42. The van der Waals surface area contributed by atoms with Crippen molar-refractivity contribution in [2.45, 2.75) is 20.8 Å². The molecule has 0 unspecified atom stereocenters. The summed E-state index contributed by atoms with van der Waals surface area (Å²) in [4.78, 5) is 23.6. The average Bonchev–Trinajstić information content (AvgIpc) is 2.40. The predicted octanol–water partition coefficient (Wildman–Crippen LogP) is 2.32. The minimum absolute atomic E-state index is 0.0619. The van der Waals surface area contributed by atoms with E-state index >= 15 is 0 Å². The lowest BCUT2D eigenvalue weighted by Gasteiger charge is -2.19. The monoisotopic (exact) mass is 283 g/mol. The van der Waals surface area contributed by atoms with E-state index in [2.05, 4.69) is 5.32 Å². The molecule has 0 spiro atoms. The maximum absolute atomic E-state index is 13.3. The maximum Gasteiger partial charge on any atom is 0.295 e. The highest BCUT2D eigenvalue weighted by Gasteiger charge is 2.18. The molecule has 0 atom stereocenters. The topological polar surface area (TPSA) is 75.5 Å². The Bertz CT molecular complexity index is 516. The number of carbonyl (C=O) groups excluding carboxylic acids is 1. The highest BCUT2D eigenvalue weighted by molar-refractivity contribution is 5.81. The zero-order chi connectivity index (χ0) is 15.3. The molecule has 0 fully saturated rings. The van der Waals surface area contributed by atoms with E-state index in [1.54, 1.807) is 4.90 Å². The van der Waals surface area contributed by atoms with E-state index in [-0.39, 0.29) is 29.4 Å². The SMILES string of the molecule is CCN(CC)C(=O)CNc1cc(C)c(F)cc1[N+](=O)[O-]. The summed E-state index contributed by atoms with van der Waals surface area (Å²) in [7, 11) is 0. The lowest BCUT2D eigenvalue weighted by Crippen LogP contribution is -2.35. The molecule has 0 aliphatic heterocycles. The van der Waals surface area contributed by atoms with Gasteiger partial charge in [0.05, 0.1) is 17.5 Å². The fourth-order valence-electron chi connectivity index (χ4n) is 1.82. The molecular formula is C13H18FN3O3. The van der Waals surface area contributed by atoms with Crippen molar-refractivity contribution in [1.29, 1.82) is 0 Å². The summed E-state index contributed by atoms with van der Waals surface area (Å²) in [5, 5.41) is 13.6. The van der Waals surface area contributed by atoms with E-state index in [4.69, 9.17) is 0 Å². The van der Waals surface area contributed by atoms with Crippen molar-refractivity contribution >= 4 is 17.3 Å². The molecule has 1 aromatic carbocycles.